The lowest BCUT2D eigenvalue weighted by atomic mass is 10.3. The number of hydrogen-bond donors (Lipinski definition) is 3. The minimum Gasteiger partial charge on any atom is -0.358 e. The number of amides is 1. The molecule has 0 unspecified atom stereocenters. The second kappa shape index (κ2) is 3.74. The molecule has 3 nitrogen and oxygen atoms in total. The highest BCUT2D eigenvalue weighted by Gasteiger charge is 2.06. The molecule has 8 heavy (non-hydrogen) atoms. The van der Waals surface area contributed by atoms with E-state index in [0.29, 0.717) is 5.75 Å². The van der Waals surface area contributed by atoms with Gasteiger partial charge in [0.05, 0.1) is 6.04 Å². The third kappa shape index (κ3) is 2.18. The van der Waals surface area contributed by atoms with Gasteiger partial charge in [-0.3, -0.25) is 4.79 Å². The normalized spacial score (nSPS) is 12.9. The van der Waals surface area contributed by atoms with Crippen molar-refractivity contribution in [2.24, 2.45) is 5.73 Å². The fraction of sp³-hybridized carbons (Fsp3) is 0.750. The van der Waals surface area contributed by atoms with E-state index in [9.17, 15) is 4.79 Å². The molecule has 0 spiro atoms. The number of hydrogen-bond acceptors (Lipinski definition) is 3. The largest absolute Gasteiger partial charge is 0.358 e. The van der Waals surface area contributed by atoms with E-state index in [2.05, 4.69) is 17.9 Å². The molecule has 0 fully saturated rings. The van der Waals surface area contributed by atoms with Gasteiger partial charge in [-0.15, -0.1) is 0 Å². The predicted octanol–water partition coefficient (Wildman–Crippen LogP) is -1.01. The average Bonchev–Trinajstić information content (AvgIpc) is 1.84. The molecule has 1 amide bonds. The Morgan fingerprint density at radius 2 is 2.50 bits per heavy atom. The van der Waals surface area contributed by atoms with Crippen LogP contribution in [-0.4, -0.2) is 24.7 Å². The molecule has 48 valence electrons. The molecule has 0 aromatic rings. The van der Waals surface area contributed by atoms with Crippen LogP contribution in [0.3, 0.4) is 0 Å². The van der Waals surface area contributed by atoms with Gasteiger partial charge in [-0.2, -0.15) is 12.6 Å². The van der Waals surface area contributed by atoms with E-state index < -0.39 is 6.04 Å². The van der Waals surface area contributed by atoms with Gasteiger partial charge in [0.25, 0.3) is 0 Å². The molecule has 3 N–H and O–H groups in total. The maximum Gasteiger partial charge on any atom is 0.237 e. The quantitative estimate of drug-likeness (QED) is 0.424. The van der Waals surface area contributed by atoms with Crippen LogP contribution in [0.25, 0.3) is 0 Å². The van der Waals surface area contributed by atoms with Gasteiger partial charge in [0.1, 0.15) is 0 Å². The molecule has 0 aromatic heterocycles. The lowest BCUT2D eigenvalue weighted by molar-refractivity contribution is -0.121. The Balaban J connectivity index is 3.46. The van der Waals surface area contributed by atoms with Crippen molar-refractivity contribution < 1.29 is 4.79 Å². The molecule has 1 atom stereocenters. The first-order valence-corrected chi connectivity index (χ1v) is 2.93. The number of nitrogens with two attached hydrogens (primary N) is 1. The summed E-state index contributed by atoms with van der Waals surface area (Å²) in [6.07, 6.45) is 0. The van der Waals surface area contributed by atoms with Crippen LogP contribution in [0.15, 0.2) is 0 Å². The van der Waals surface area contributed by atoms with Crippen LogP contribution in [0.1, 0.15) is 0 Å². The van der Waals surface area contributed by atoms with Crippen molar-refractivity contribution in [3.8, 4) is 0 Å². The number of nitrogens with one attached hydrogen (secondary N) is 1. The lowest BCUT2D eigenvalue weighted by Crippen LogP contribution is -2.39. The Labute approximate surface area is 54.0 Å². The minimum absolute atomic E-state index is 0.167. The van der Waals surface area contributed by atoms with Gasteiger partial charge in [0, 0.05) is 12.8 Å². The van der Waals surface area contributed by atoms with Crippen LogP contribution in [0.2, 0.25) is 0 Å². The first-order valence-electron chi connectivity index (χ1n) is 2.30. The van der Waals surface area contributed by atoms with Gasteiger partial charge in [0.15, 0.2) is 0 Å². The zero-order valence-electron chi connectivity index (χ0n) is 4.72. The van der Waals surface area contributed by atoms with Crippen LogP contribution in [-0.2, 0) is 4.79 Å². The number of thiol groups is 1. The highest BCUT2D eigenvalue weighted by atomic mass is 32.1. The Bertz CT molecular complexity index is 86.1. The maximum atomic E-state index is 10.5. The summed E-state index contributed by atoms with van der Waals surface area (Å²) in [5.41, 5.74) is 5.24. The lowest BCUT2D eigenvalue weighted by Gasteiger charge is -2.03. The highest BCUT2D eigenvalue weighted by Crippen LogP contribution is 1.80. The maximum absolute atomic E-state index is 10.5. The van der Waals surface area contributed by atoms with E-state index in [-0.39, 0.29) is 5.91 Å². The first kappa shape index (κ1) is 7.78. The van der Waals surface area contributed by atoms with Crippen LogP contribution >= 0.6 is 12.6 Å². The van der Waals surface area contributed by atoms with Crippen molar-refractivity contribution in [1.29, 1.82) is 0 Å². The third-order valence-electron chi connectivity index (χ3n) is 0.780. The van der Waals surface area contributed by atoms with E-state index in [1.165, 1.54) is 0 Å². The highest BCUT2D eigenvalue weighted by molar-refractivity contribution is 7.80. The van der Waals surface area contributed by atoms with Gasteiger partial charge in [0.2, 0.25) is 5.91 Å². The topological polar surface area (TPSA) is 55.1 Å². The monoisotopic (exact) mass is 134 g/mol. The standard InChI is InChI=1S/C4H10N2OS/c1-6-4(7)3(5)2-8/h3,8H,2,5H2,1H3,(H,6,7)/t3-/m0/s1. The van der Waals surface area contributed by atoms with Crippen LogP contribution < -0.4 is 11.1 Å². The molecule has 0 aliphatic rings. The second-order valence-electron chi connectivity index (χ2n) is 1.40. The summed E-state index contributed by atoms with van der Waals surface area (Å²) in [6.45, 7) is 0. The summed E-state index contributed by atoms with van der Waals surface area (Å²) >= 11 is 3.82. The summed E-state index contributed by atoms with van der Waals surface area (Å²) in [5, 5.41) is 2.40. The molecular weight excluding hydrogens is 124 g/mol. The van der Waals surface area contributed by atoms with E-state index >= 15 is 0 Å². The van der Waals surface area contributed by atoms with Crippen molar-refractivity contribution >= 4 is 18.5 Å². The number of rotatable bonds is 2. The smallest absolute Gasteiger partial charge is 0.237 e. The molecule has 0 saturated carbocycles. The molecule has 4 heteroatoms. The summed E-state index contributed by atoms with van der Waals surface area (Å²) in [5.74, 6) is 0.222. The third-order valence-corrected chi connectivity index (χ3v) is 1.17. The summed E-state index contributed by atoms with van der Waals surface area (Å²) in [6, 6.07) is -0.469. The summed E-state index contributed by atoms with van der Waals surface area (Å²) in [7, 11) is 1.55. The average molecular weight is 134 g/mol. The van der Waals surface area contributed by atoms with Crippen molar-refractivity contribution in [3.05, 3.63) is 0 Å². The van der Waals surface area contributed by atoms with Gasteiger partial charge < -0.3 is 11.1 Å². The SMILES string of the molecule is CNC(=O)[C@@H](N)CS. The van der Waals surface area contributed by atoms with Crippen LogP contribution in [0.5, 0.6) is 0 Å². The molecule has 0 heterocycles. The summed E-state index contributed by atoms with van der Waals surface area (Å²) in [4.78, 5) is 10.5. The van der Waals surface area contributed by atoms with Crippen molar-refractivity contribution in [2.45, 2.75) is 6.04 Å². The Hall–Kier alpha value is -0.220. The fourth-order valence-corrected chi connectivity index (χ4v) is 0.434. The number of carbonyl (C=O) groups excluding carboxylic acids is 1. The van der Waals surface area contributed by atoms with E-state index in [1.807, 2.05) is 0 Å². The molecule has 0 saturated heterocycles. The fourth-order valence-electron chi connectivity index (χ4n) is 0.268. The molecule has 0 radical (unpaired) electrons. The van der Waals surface area contributed by atoms with Crippen molar-refractivity contribution in [3.63, 3.8) is 0 Å². The van der Waals surface area contributed by atoms with Crippen molar-refractivity contribution in [2.75, 3.05) is 12.8 Å². The first-order chi connectivity index (χ1) is 3.72. The van der Waals surface area contributed by atoms with Crippen LogP contribution in [0.4, 0.5) is 0 Å². The molecule has 0 aliphatic heterocycles. The van der Waals surface area contributed by atoms with E-state index in [4.69, 9.17) is 5.73 Å². The zero-order valence-corrected chi connectivity index (χ0v) is 5.61. The molecule has 0 bridgehead atoms. The van der Waals surface area contributed by atoms with Crippen LogP contribution in [0, 0.1) is 0 Å². The minimum atomic E-state index is -0.469. The van der Waals surface area contributed by atoms with Gasteiger partial charge in [-0.25, -0.2) is 0 Å². The van der Waals surface area contributed by atoms with Gasteiger partial charge in [-0.05, 0) is 0 Å². The molecule has 0 aliphatic carbocycles. The molecule has 0 rings (SSSR count). The Morgan fingerprint density at radius 1 is 2.00 bits per heavy atom. The van der Waals surface area contributed by atoms with E-state index in [1.54, 1.807) is 7.05 Å². The second-order valence-corrected chi connectivity index (χ2v) is 1.77. The van der Waals surface area contributed by atoms with Crippen molar-refractivity contribution in [1.82, 2.24) is 5.32 Å². The Kier molecular flexibility index (Phi) is 3.64. The Morgan fingerprint density at radius 3 is 2.62 bits per heavy atom. The summed E-state index contributed by atoms with van der Waals surface area (Å²) < 4.78 is 0. The van der Waals surface area contributed by atoms with Gasteiger partial charge >= 0.3 is 0 Å². The van der Waals surface area contributed by atoms with Gasteiger partial charge in [-0.1, -0.05) is 0 Å². The van der Waals surface area contributed by atoms with E-state index in [0.717, 1.165) is 0 Å². The number of likely N-dealkylation sites (N-methyl/N-ethyl adjacent to an activating group) is 1. The molecule has 0 aromatic carbocycles. The predicted molar refractivity (Wildman–Crippen MR) is 35.9 cm³/mol. The molecular formula is C4H10N2OS. The zero-order chi connectivity index (χ0) is 6.57. The number of carbonyl (C=O) groups is 1.